The van der Waals surface area contributed by atoms with E-state index in [1.807, 2.05) is 47.3 Å². The predicted molar refractivity (Wildman–Crippen MR) is 278 cm³/mol. The van der Waals surface area contributed by atoms with Crippen molar-refractivity contribution in [2.75, 3.05) is 0 Å². The molecule has 0 unspecified atom stereocenters. The Balaban J connectivity index is 0.000000246. The van der Waals surface area contributed by atoms with Gasteiger partial charge in [0.1, 0.15) is 6.15 Å². The first kappa shape index (κ1) is 63.7. The Morgan fingerprint density at radius 3 is 0.750 bits per heavy atom. The molecule has 0 N–H and O–H groups in total. The van der Waals surface area contributed by atoms with E-state index in [9.17, 15) is 110 Å². The maximum atomic E-state index is 14.2. The smallest absolute Gasteiger partial charge is 0.287 e. The molecule has 27 heteroatoms. The van der Waals surface area contributed by atoms with Crippen molar-refractivity contribution in [1.82, 2.24) is 0 Å². The highest BCUT2D eigenvalue weighted by molar-refractivity contribution is 7.20. The van der Waals surface area contributed by atoms with Crippen LogP contribution in [0, 0.1) is 0 Å². The van der Waals surface area contributed by atoms with Gasteiger partial charge in [-0.1, -0.05) is 103 Å². The van der Waals surface area contributed by atoms with Crippen LogP contribution in [0.5, 0.6) is 0 Å². The van der Waals surface area contributed by atoms with Crippen LogP contribution in [0.15, 0.2) is 182 Å². The molecule has 0 atom stereocenters. The lowest BCUT2D eigenvalue weighted by Gasteiger charge is -2.46. The highest BCUT2D eigenvalue weighted by Crippen LogP contribution is 2.42. The van der Waals surface area contributed by atoms with Crippen LogP contribution in [0.1, 0.15) is 54.9 Å². The third-order valence-electron chi connectivity index (χ3n) is 14.5. The summed E-state index contributed by atoms with van der Waals surface area (Å²) in [5.74, 6) is 0.123. The van der Waals surface area contributed by atoms with E-state index in [1.165, 1.54) is 10.8 Å². The fraction of sp³-hybridized carbons (Fsp3) is 0.148. The number of Topliss-reactive ketones (excluding diaryl/α,β-unsaturated/α-hetero) is 1. The highest BCUT2D eigenvalue weighted by Gasteiger charge is 2.47. The zero-order valence-electron chi connectivity index (χ0n) is 43.5. The van der Waals surface area contributed by atoms with E-state index >= 15 is 0 Å². The van der Waals surface area contributed by atoms with Crippen LogP contribution in [-0.4, -0.2) is 11.9 Å². The Kier molecular flexibility index (Phi) is 16.0. The van der Waals surface area contributed by atoms with Crippen LogP contribution in [0.3, 0.4) is 0 Å². The summed E-state index contributed by atoms with van der Waals surface area (Å²) < 4.78 is 343. The van der Waals surface area contributed by atoms with Crippen LogP contribution < -0.4 is 26.4 Å². The third-order valence-corrected chi connectivity index (χ3v) is 14.5. The maximum Gasteiger partial charge on any atom is 0.416 e. The van der Waals surface area contributed by atoms with Gasteiger partial charge in [-0.2, -0.15) is 132 Å². The van der Waals surface area contributed by atoms with Crippen LogP contribution in [0.4, 0.5) is 105 Å². The van der Waals surface area contributed by atoms with E-state index in [0.717, 1.165) is 37.9 Å². The van der Waals surface area contributed by atoms with E-state index in [-0.39, 0.29) is 5.78 Å². The van der Waals surface area contributed by atoms with E-state index in [2.05, 4.69) is 66.7 Å². The fourth-order valence-corrected chi connectivity index (χ4v) is 10.7. The van der Waals surface area contributed by atoms with Gasteiger partial charge in [0.25, 0.3) is 0 Å². The molecule has 10 rings (SSSR count). The molecule has 2 nitrogen and oxygen atoms in total. The van der Waals surface area contributed by atoms with E-state index in [1.54, 1.807) is 0 Å². The maximum absolute atomic E-state index is 14.2. The van der Waals surface area contributed by atoms with Gasteiger partial charge in [0, 0.05) is 17.7 Å². The number of benzene rings is 9. The van der Waals surface area contributed by atoms with Crippen molar-refractivity contribution in [2.24, 2.45) is 0 Å². The van der Waals surface area contributed by atoms with E-state index in [4.69, 9.17) is 0 Å². The molecular formula is C61H32BF24NO. The number of nitrogens with zero attached hydrogens (tertiary/aromatic N) is 1. The molecular weight excluding hydrogens is 1230 g/mol. The standard InChI is InChI=1S/C32H12BF24.C29H20NO/c34-25(35,36)13-1-14(26(37,38)39)6-21(5-13)33(22-7-15(27(40,41)42)2-16(8-22)28(43,44)45,23-9-17(29(46,47)48)3-18(10-23)30(49,50)51)24-11-19(31(52,53)54)4-20(12-24)32(55,56)57;31-28(19-30-12-6-1-7-13-30)29-26-17-22-10-4-2-8-20(22)14-24(26)16-25-15-21-9-3-5-11-23(21)18-27(25)29/h1-12H;1-18H,19H2/q-1;+1. The van der Waals surface area contributed by atoms with Crippen molar-refractivity contribution >= 4 is 76.9 Å². The number of hydrogen-bond donors (Lipinski definition) is 0. The molecule has 0 aliphatic carbocycles. The van der Waals surface area contributed by atoms with Gasteiger partial charge < -0.3 is 0 Å². The molecule has 10 aromatic rings. The number of halogens is 24. The molecule has 1 heterocycles. The highest BCUT2D eigenvalue weighted by atomic mass is 19.4. The Hall–Kier alpha value is -8.78. The summed E-state index contributed by atoms with van der Waals surface area (Å²) in [4.78, 5) is 13.7. The molecule has 0 saturated carbocycles. The minimum Gasteiger partial charge on any atom is -0.287 e. The second-order valence-corrected chi connectivity index (χ2v) is 20.3. The second kappa shape index (κ2) is 22.1. The van der Waals surface area contributed by atoms with Gasteiger partial charge >= 0.3 is 49.4 Å². The lowest BCUT2D eigenvalue weighted by atomic mass is 9.12. The molecule has 1 aromatic heterocycles. The number of rotatable bonds is 7. The van der Waals surface area contributed by atoms with Crippen molar-refractivity contribution in [3.8, 4) is 0 Å². The van der Waals surface area contributed by atoms with Crippen molar-refractivity contribution in [3.05, 3.63) is 232 Å². The van der Waals surface area contributed by atoms with Crippen molar-refractivity contribution < 1.29 is 115 Å². The first-order valence-electron chi connectivity index (χ1n) is 25.1. The summed E-state index contributed by atoms with van der Waals surface area (Å²) in [5, 5.41) is 8.90. The number of fused-ring (bicyclic) bond motifs is 4. The Morgan fingerprint density at radius 2 is 0.511 bits per heavy atom. The SMILES string of the molecule is FC(F)(F)c1cc([B-](c2cc(C(F)(F)F)cc(C(F)(F)F)c2)(c2cc(C(F)(F)F)cc(C(F)(F)F)c2)c2cc(C(F)(F)F)cc(C(F)(F)F)c2)cc(C(F)(F)F)c1.O=C(C[n+]1ccccc1)c1c2cc3ccccc3cc2cc2cc3ccccc3cc12. The average molecular weight is 1260 g/mol. The van der Waals surface area contributed by atoms with Gasteiger partial charge in [-0.05, 0) is 97.7 Å². The lowest BCUT2D eigenvalue weighted by molar-refractivity contribution is -0.683. The summed E-state index contributed by atoms with van der Waals surface area (Å²) in [5.41, 5.74) is -29.4. The van der Waals surface area contributed by atoms with Gasteiger partial charge in [-0.25, -0.2) is 0 Å². The third kappa shape index (κ3) is 13.1. The van der Waals surface area contributed by atoms with Gasteiger partial charge in [-0.3, -0.25) is 4.79 Å². The predicted octanol–water partition coefficient (Wildman–Crippen LogP) is 17.7. The zero-order chi connectivity index (χ0) is 64.7. The number of aromatic nitrogens is 1. The zero-order valence-corrected chi connectivity index (χ0v) is 43.5. The number of carbonyl (C=O) groups is 1. The normalized spacial score (nSPS) is 13.3. The quantitative estimate of drug-likeness (QED) is 0.0512. The van der Waals surface area contributed by atoms with Crippen LogP contribution >= 0.6 is 0 Å². The molecule has 0 saturated heterocycles. The molecule has 0 fully saturated rings. The molecule has 0 bridgehead atoms. The summed E-state index contributed by atoms with van der Waals surface area (Å²) in [6, 6.07) is 24.7. The topological polar surface area (TPSA) is 20.9 Å². The van der Waals surface area contributed by atoms with Gasteiger partial charge in [-0.15, -0.1) is 0 Å². The molecule has 9 aromatic carbocycles. The number of ketones is 1. The second-order valence-electron chi connectivity index (χ2n) is 20.3. The fourth-order valence-electron chi connectivity index (χ4n) is 10.7. The minimum absolute atomic E-state index is 0.123. The van der Waals surface area contributed by atoms with Gasteiger partial charge in [0.15, 0.2) is 12.4 Å². The first-order chi connectivity index (χ1) is 40.5. The van der Waals surface area contributed by atoms with Crippen molar-refractivity contribution in [3.63, 3.8) is 0 Å². The van der Waals surface area contributed by atoms with Crippen LogP contribution in [0.25, 0.3) is 43.1 Å². The molecule has 0 spiro atoms. The van der Waals surface area contributed by atoms with Crippen LogP contribution in [0.2, 0.25) is 0 Å². The molecule has 0 aliphatic rings. The molecule has 88 heavy (non-hydrogen) atoms. The number of carbonyl (C=O) groups excluding carboxylic acids is 1. The summed E-state index contributed by atoms with van der Waals surface area (Å²) in [6.07, 6.45) is -50.9. The first-order valence-corrected chi connectivity index (χ1v) is 25.1. The summed E-state index contributed by atoms with van der Waals surface area (Å²) >= 11 is 0. The minimum atomic E-state index is -6.13. The Labute approximate surface area is 478 Å². The van der Waals surface area contributed by atoms with E-state index < -0.39 is 195 Å². The lowest BCUT2D eigenvalue weighted by Crippen LogP contribution is -2.75. The molecule has 458 valence electrons. The molecule has 0 amide bonds. The summed E-state index contributed by atoms with van der Waals surface area (Å²) in [6.45, 7) is 0.314. The molecule has 0 radical (unpaired) electrons. The Morgan fingerprint density at radius 1 is 0.284 bits per heavy atom. The largest absolute Gasteiger partial charge is 0.416 e. The average Bonchev–Trinajstić information content (AvgIpc) is 0.726. The number of hydrogen-bond acceptors (Lipinski definition) is 1. The van der Waals surface area contributed by atoms with Gasteiger partial charge in [0.05, 0.1) is 44.5 Å². The Bertz CT molecular complexity index is 3790. The van der Waals surface area contributed by atoms with Crippen LogP contribution in [-0.2, 0) is 56.0 Å². The van der Waals surface area contributed by atoms with Gasteiger partial charge in [0.2, 0.25) is 12.3 Å². The monoisotopic (exact) mass is 1260 g/mol. The molecule has 0 aliphatic heterocycles. The number of pyridine rings is 1. The van der Waals surface area contributed by atoms with Crippen molar-refractivity contribution in [1.29, 1.82) is 0 Å². The van der Waals surface area contributed by atoms with Crippen molar-refractivity contribution in [2.45, 2.75) is 56.0 Å². The summed E-state index contributed by atoms with van der Waals surface area (Å²) in [7, 11) is 0. The number of alkyl halides is 24. The van der Waals surface area contributed by atoms with E-state index in [0.29, 0.717) is 6.54 Å².